The molecule has 3 N–H and O–H groups in total. The van der Waals surface area contributed by atoms with Crippen LogP contribution in [0.4, 0.5) is 0 Å². The first kappa shape index (κ1) is 20.0. The van der Waals surface area contributed by atoms with Crippen LogP contribution < -0.4 is 11.1 Å². The van der Waals surface area contributed by atoms with Crippen LogP contribution in [0.1, 0.15) is 65.7 Å². The summed E-state index contributed by atoms with van der Waals surface area (Å²) in [6.07, 6.45) is 8.25. The van der Waals surface area contributed by atoms with E-state index in [1.165, 1.54) is 32.1 Å². The number of unbranched alkanes of at least 4 members (excludes halogenated alkanes) is 5. The molecule has 3 nitrogen and oxygen atoms in total. The minimum absolute atomic E-state index is 0. The molecule has 0 unspecified atom stereocenters. The molecule has 0 aliphatic heterocycles. The maximum absolute atomic E-state index is 11.6. The van der Waals surface area contributed by atoms with Gasteiger partial charge in [-0.25, -0.2) is 0 Å². The van der Waals surface area contributed by atoms with Crippen LogP contribution in [0.3, 0.4) is 0 Å². The van der Waals surface area contributed by atoms with Gasteiger partial charge in [-0.1, -0.05) is 52.9 Å². The molecule has 1 atom stereocenters. The van der Waals surface area contributed by atoms with E-state index in [0.29, 0.717) is 5.92 Å². The van der Waals surface area contributed by atoms with Crippen molar-refractivity contribution in [3.05, 3.63) is 0 Å². The predicted octanol–water partition coefficient (Wildman–Crippen LogP) is 3.26. The fourth-order valence-corrected chi connectivity index (χ4v) is 1.86. The summed E-state index contributed by atoms with van der Waals surface area (Å²) < 4.78 is 0. The van der Waals surface area contributed by atoms with Gasteiger partial charge in [-0.05, 0) is 18.8 Å². The molecule has 4 heteroatoms. The molecule has 0 aromatic heterocycles. The molecule has 0 aromatic carbocycles. The minimum atomic E-state index is -0.338. The van der Waals surface area contributed by atoms with Crippen LogP contribution in [0.2, 0.25) is 0 Å². The highest BCUT2D eigenvalue weighted by molar-refractivity contribution is 5.85. The molecule has 0 spiro atoms. The molecule has 0 fully saturated rings. The lowest BCUT2D eigenvalue weighted by atomic mass is 10.0. The maximum Gasteiger partial charge on any atom is 0.236 e. The summed E-state index contributed by atoms with van der Waals surface area (Å²) in [5.74, 6) is 0.483. The predicted molar refractivity (Wildman–Crippen MR) is 81.1 cm³/mol. The van der Waals surface area contributed by atoms with E-state index in [-0.39, 0.29) is 24.4 Å². The Kier molecular flexibility index (Phi) is 14.7. The normalized spacial score (nSPS) is 12.1. The number of rotatable bonds is 10. The Labute approximate surface area is 119 Å². The van der Waals surface area contributed by atoms with E-state index in [0.717, 1.165) is 19.4 Å². The molecule has 0 aromatic rings. The Morgan fingerprint density at radius 1 is 1.11 bits per heavy atom. The Hall–Kier alpha value is -0.280. The second kappa shape index (κ2) is 13.2. The average molecular weight is 279 g/mol. The molecule has 1 amide bonds. The topological polar surface area (TPSA) is 55.1 Å². The van der Waals surface area contributed by atoms with Crippen LogP contribution in [0, 0.1) is 5.92 Å². The highest BCUT2D eigenvalue weighted by Gasteiger charge is 2.13. The van der Waals surface area contributed by atoms with Gasteiger partial charge in [0, 0.05) is 6.54 Å². The van der Waals surface area contributed by atoms with Crippen molar-refractivity contribution < 1.29 is 4.79 Å². The Bertz CT molecular complexity index is 198. The average Bonchev–Trinajstić information content (AvgIpc) is 2.26. The quantitative estimate of drug-likeness (QED) is 0.603. The van der Waals surface area contributed by atoms with E-state index in [1.807, 2.05) is 0 Å². The third-order valence-electron chi connectivity index (χ3n) is 2.89. The number of carbonyl (C=O) groups excluding carboxylic acids is 1. The summed E-state index contributed by atoms with van der Waals surface area (Å²) in [4.78, 5) is 11.6. The number of hydrogen-bond donors (Lipinski definition) is 2. The number of amides is 1. The summed E-state index contributed by atoms with van der Waals surface area (Å²) >= 11 is 0. The summed E-state index contributed by atoms with van der Waals surface area (Å²) in [5.41, 5.74) is 5.79. The number of hydrogen-bond acceptors (Lipinski definition) is 2. The van der Waals surface area contributed by atoms with Gasteiger partial charge in [0.15, 0.2) is 0 Å². The van der Waals surface area contributed by atoms with Crippen molar-refractivity contribution in [2.24, 2.45) is 11.7 Å². The molecule has 0 saturated carbocycles. The number of nitrogens with two attached hydrogens (primary N) is 1. The molecule has 0 rings (SSSR count). The Morgan fingerprint density at radius 3 is 2.22 bits per heavy atom. The molecule has 0 aliphatic carbocycles. The lowest BCUT2D eigenvalue weighted by molar-refractivity contribution is -0.122. The standard InChI is InChI=1S/C14H30N2O.ClH/c1-4-5-6-7-8-9-10-16-14(17)13(15)11-12(2)3;/h12-13H,4-11,15H2,1-3H3,(H,16,17);1H/t13-;/m0./s1. The van der Waals surface area contributed by atoms with Crippen LogP contribution in [0.15, 0.2) is 0 Å². The summed E-state index contributed by atoms with van der Waals surface area (Å²) in [6, 6.07) is -0.338. The van der Waals surface area contributed by atoms with E-state index in [4.69, 9.17) is 5.73 Å². The van der Waals surface area contributed by atoms with Crippen molar-refractivity contribution in [2.45, 2.75) is 71.8 Å². The van der Waals surface area contributed by atoms with Crippen molar-refractivity contribution in [3.8, 4) is 0 Å². The SMILES string of the molecule is CCCCCCCCNC(=O)[C@@H](N)CC(C)C.Cl. The molecule has 0 aliphatic rings. The van der Waals surface area contributed by atoms with E-state index in [9.17, 15) is 4.79 Å². The van der Waals surface area contributed by atoms with Crippen LogP contribution in [0.25, 0.3) is 0 Å². The fraction of sp³-hybridized carbons (Fsp3) is 0.929. The summed E-state index contributed by atoms with van der Waals surface area (Å²) in [7, 11) is 0. The Morgan fingerprint density at radius 2 is 1.67 bits per heavy atom. The zero-order chi connectivity index (χ0) is 13.1. The molecule has 0 radical (unpaired) electrons. The lowest BCUT2D eigenvalue weighted by Gasteiger charge is -2.13. The second-order valence-corrected chi connectivity index (χ2v) is 5.29. The zero-order valence-corrected chi connectivity index (χ0v) is 13.0. The molecule has 110 valence electrons. The molecule has 18 heavy (non-hydrogen) atoms. The first-order valence-electron chi connectivity index (χ1n) is 7.11. The monoisotopic (exact) mass is 278 g/mol. The van der Waals surface area contributed by atoms with E-state index in [1.54, 1.807) is 0 Å². The number of carbonyl (C=O) groups is 1. The van der Waals surface area contributed by atoms with Gasteiger partial charge in [0.1, 0.15) is 0 Å². The zero-order valence-electron chi connectivity index (χ0n) is 12.2. The Balaban J connectivity index is 0. The largest absolute Gasteiger partial charge is 0.355 e. The van der Waals surface area contributed by atoms with E-state index in [2.05, 4.69) is 26.1 Å². The number of nitrogens with one attached hydrogen (secondary N) is 1. The summed E-state index contributed by atoms with van der Waals surface area (Å²) in [5, 5.41) is 2.91. The van der Waals surface area contributed by atoms with Crippen molar-refractivity contribution in [1.29, 1.82) is 0 Å². The third-order valence-corrected chi connectivity index (χ3v) is 2.89. The molecular formula is C14H31ClN2O. The van der Waals surface area contributed by atoms with Crippen molar-refractivity contribution in [3.63, 3.8) is 0 Å². The number of halogens is 1. The smallest absolute Gasteiger partial charge is 0.236 e. The van der Waals surface area contributed by atoms with E-state index < -0.39 is 0 Å². The van der Waals surface area contributed by atoms with Crippen molar-refractivity contribution in [2.75, 3.05) is 6.54 Å². The van der Waals surface area contributed by atoms with Gasteiger partial charge < -0.3 is 11.1 Å². The first-order valence-corrected chi connectivity index (χ1v) is 7.11. The molecule has 0 bridgehead atoms. The van der Waals surface area contributed by atoms with Crippen molar-refractivity contribution >= 4 is 18.3 Å². The van der Waals surface area contributed by atoms with Gasteiger partial charge in [-0.2, -0.15) is 0 Å². The van der Waals surface area contributed by atoms with Crippen LogP contribution in [-0.2, 0) is 4.79 Å². The van der Waals surface area contributed by atoms with Crippen LogP contribution >= 0.6 is 12.4 Å². The van der Waals surface area contributed by atoms with Crippen LogP contribution in [0.5, 0.6) is 0 Å². The van der Waals surface area contributed by atoms with Gasteiger partial charge in [0.2, 0.25) is 5.91 Å². The van der Waals surface area contributed by atoms with Gasteiger partial charge in [0.05, 0.1) is 6.04 Å². The van der Waals surface area contributed by atoms with Gasteiger partial charge >= 0.3 is 0 Å². The molecular weight excluding hydrogens is 248 g/mol. The third kappa shape index (κ3) is 12.2. The van der Waals surface area contributed by atoms with Gasteiger partial charge in [-0.3, -0.25) is 4.79 Å². The fourth-order valence-electron chi connectivity index (χ4n) is 1.86. The van der Waals surface area contributed by atoms with Gasteiger partial charge in [-0.15, -0.1) is 12.4 Å². The highest BCUT2D eigenvalue weighted by Crippen LogP contribution is 2.05. The van der Waals surface area contributed by atoms with Gasteiger partial charge in [0.25, 0.3) is 0 Å². The van der Waals surface area contributed by atoms with E-state index >= 15 is 0 Å². The van der Waals surface area contributed by atoms with Crippen LogP contribution in [-0.4, -0.2) is 18.5 Å². The lowest BCUT2D eigenvalue weighted by Crippen LogP contribution is -2.41. The molecule has 0 heterocycles. The molecule has 0 saturated heterocycles. The first-order chi connectivity index (χ1) is 8.07. The second-order valence-electron chi connectivity index (χ2n) is 5.29. The van der Waals surface area contributed by atoms with Crippen molar-refractivity contribution in [1.82, 2.24) is 5.32 Å². The summed E-state index contributed by atoms with van der Waals surface area (Å²) in [6.45, 7) is 7.16. The highest BCUT2D eigenvalue weighted by atomic mass is 35.5. The maximum atomic E-state index is 11.6. The minimum Gasteiger partial charge on any atom is -0.355 e.